The van der Waals surface area contributed by atoms with Gasteiger partial charge in [-0.25, -0.2) is 4.79 Å². The summed E-state index contributed by atoms with van der Waals surface area (Å²) in [5, 5.41) is 3.42. The van der Waals surface area contributed by atoms with E-state index in [9.17, 15) is 4.79 Å². The highest BCUT2D eigenvalue weighted by Crippen LogP contribution is 2.09. The Bertz CT molecular complexity index is 379. The van der Waals surface area contributed by atoms with Crippen molar-refractivity contribution in [3.05, 3.63) is 34.9 Å². The van der Waals surface area contributed by atoms with Gasteiger partial charge in [0.2, 0.25) is 0 Å². The van der Waals surface area contributed by atoms with Crippen molar-refractivity contribution in [3.63, 3.8) is 0 Å². The molecule has 0 saturated heterocycles. The fourth-order valence-corrected chi connectivity index (χ4v) is 2.00. The lowest BCUT2D eigenvalue weighted by Crippen LogP contribution is -2.24. The predicted octanol–water partition coefficient (Wildman–Crippen LogP) is 4.93. The summed E-state index contributed by atoms with van der Waals surface area (Å²) in [6.45, 7) is 3.17. The third-order valence-corrected chi connectivity index (χ3v) is 3.33. The van der Waals surface area contributed by atoms with E-state index in [1.165, 1.54) is 25.7 Å². The first-order valence-corrected chi connectivity index (χ1v) is 7.75. The number of carbonyl (C=O) groups is 1. The van der Waals surface area contributed by atoms with Crippen LogP contribution in [0.1, 0.15) is 51.0 Å². The number of hydrogen-bond donors (Lipinski definition) is 1. The molecule has 0 radical (unpaired) electrons. The summed E-state index contributed by atoms with van der Waals surface area (Å²) in [6.07, 6.45) is 6.77. The van der Waals surface area contributed by atoms with Gasteiger partial charge >= 0.3 is 6.09 Å². The van der Waals surface area contributed by atoms with Crippen LogP contribution in [0.4, 0.5) is 4.79 Å². The summed E-state index contributed by atoms with van der Waals surface area (Å²) in [7, 11) is 0. The molecule has 0 aliphatic rings. The zero-order valence-electron chi connectivity index (χ0n) is 12.2. The van der Waals surface area contributed by atoms with Gasteiger partial charge in [0.15, 0.2) is 0 Å². The first-order valence-electron chi connectivity index (χ1n) is 7.37. The number of benzene rings is 1. The number of rotatable bonds is 9. The SMILES string of the molecule is CCCCCCCCOC(=O)NCc1ccc(Cl)cc1. The van der Waals surface area contributed by atoms with Crippen LogP contribution in [0.5, 0.6) is 0 Å². The Kier molecular flexibility index (Phi) is 8.88. The second kappa shape index (κ2) is 10.6. The lowest BCUT2D eigenvalue weighted by Gasteiger charge is -2.07. The van der Waals surface area contributed by atoms with Gasteiger partial charge in [-0.1, -0.05) is 62.8 Å². The topological polar surface area (TPSA) is 38.3 Å². The molecule has 112 valence electrons. The Morgan fingerprint density at radius 1 is 1.10 bits per heavy atom. The molecule has 0 spiro atoms. The molecule has 3 nitrogen and oxygen atoms in total. The molecule has 0 aliphatic carbocycles. The third-order valence-electron chi connectivity index (χ3n) is 3.08. The summed E-state index contributed by atoms with van der Waals surface area (Å²) in [4.78, 5) is 11.5. The van der Waals surface area contributed by atoms with Crippen LogP contribution in [-0.2, 0) is 11.3 Å². The van der Waals surface area contributed by atoms with Crippen molar-refractivity contribution in [1.82, 2.24) is 5.32 Å². The molecule has 1 aromatic rings. The van der Waals surface area contributed by atoms with Crippen molar-refractivity contribution in [2.75, 3.05) is 6.61 Å². The van der Waals surface area contributed by atoms with E-state index in [0.717, 1.165) is 18.4 Å². The highest BCUT2D eigenvalue weighted by Gasteiger charge is 2.01. The van der Waals surface area contributed by atoms with Gasteiger partial charge in [-0.2, -0.15) is 0 Å². The van der Waals surface area contributed by atoms with Crippen LogP contribution in [0.25, 0.3) is 0 Å². The van der Waals surface area contributed by atoms with Crippen LogP contribution < -0.4 is 5.32 Å². The number of amides is 1. The summed E-state index contributed by atoms with van der Waals surface area (Å²) >= 11 is 5.79. The number of ether oxygens (including phenoxy) is 1. The quantitative estimate of drug-likeness (QED) is 0.657. The van der Waals surface area contributed by atoms with E-state index in [4.69, 9.17) is 16.3 Å². The van der Waals surface area contributed by atoms with Crippen LogP contribution in [0, 0.1) is 0 Å². The van der Waals surface area contributed by atoms with Crippen LogP contribution in [0.2, 0.25) is 5.02 Å². The molecule has 0 atom stereocenters. The molecule has 1 N–H and O–H groups in total. The van der Waals surface area contributed by atoms with Crippen molar-refractivity contribution < 1.29 is 9.53 Å². The Hall–Kier alpha value is -1.22. The number of unbranched alkanes of at least 4 members (excludes halogenated alkanes) is 5. The molecule has 0 unspecified atom stereocenters. The van der Waals surface area contributed by atoms with E-state index in [1.54, 1.807) is 12.1 Å². The summed E-state index contributed by atoms with van der Waals surface area (Å²) < 4.78 is 5.12. The second-order valence-corrected chi connectivity index (χ2v) is 5.32. The number of nitrogens with one attached hydrogen (secondary N) is 1. The minimum absolute atomic E-state index is 0.353. The summed E-state index contributed by atoms with van der Waals surface area (Å²) in [5.74, 6) is 0. The van der Waals surface area contributed by atoms with E-state index in [-0.39, 0.29) is 6.09 Å². The lowest BCUT2D eigenvalue weighted by atomic mass is 10.1. The van der Waals surface area contributed by atoms with Gasteiger partial charge < -0.3 is 10.1 Å². The molecule has 4 heteroatoms. The Morgan fingerprint density at radius 3 is 2.45 bits per heavy atom. The zero-order chi connectivity index (χ0) is 14.6. The highest BCUT2D eigenvalue weighted by molar-refractivity contribution is 6.30. The van der Waals surface area contributed by atoms with Gasteiger partial charge in [0, 0.05) is 11.6 Å². The van der Waals surface area contributed by atoms with Crippen molar-refractivity contribution in [3.8, 4) is 0 Å². The van der Waals surface area contributed by atoms with E-state index in [2.05, 4.69) is 12.2 Å². The molecule has 0 aromatic heterocycles. The summed E-state index contributed by atoms with van der Waals surface area (Å²) in [5.41, 5.74) is 1.01. The maximum absolute atomic E-state index is 11.5. The van der Waals surface area contributed by atoms with Gasteiger partial charge in [0.25, 0.3) is 0 Å². The van der Waals surface area contributed by atoms with Crippen molar-refractivity contribution >= 4 is 17.7 Å². The normalized spacial score (nSPS) is 10.3. The first kappa shape index (κ1) is 16.8. The maximum atomic E-state index is 11.5. The van der Waals surface area contributed by atoms with Crippen molar-refractivity contribution in [2.24, 2.45) is 0 Å². The lowest BCUT2D eigenvalue weighted by molar-refractivity contribution is 0.143. The second-order valence-electron chi connectivity index (χ2n) is 4.88. The molecule has 0 heterocycles. The van der Waals surface area contributed by atoms with Crippen LogP contribution in [0.3, 0.4) is 0 Å². The smallest absolute Gasteiger partial charge is 0.407 e. The molecule has 0 saturated carbocycles. The van der Waals surface area contributed by atoms with E-state index >= 15 is 0 Å². The van der Waals surface area contributed by atoms with E-state index in [1.807, 2.05) is 12.1 Å². The minimum atomic E-state index is -0.353. The average Bonchev–Trinajstić information content (AvgIpc) is 2.46. The molecule has 1 rings (SSSR count). The van der Waals surface area contributed by atoms with Crippen LogP contribution >= 0.6 is 11.6 Å². The van der Waals surface area contributed by atoms with Gasteiger partial charge in [-0.15, -0.1) is 0 Å². The molecule has 0 aliphatic heterocycles. The Labute approximate surface area is 126 Å². The minimum Gasteiger partial charge on any atom is -0.450 e. The molecule has 1 amide bonds. The summed E-state index contributed by atoms with van der Waals surface area (Å²) in [6, 6.07) is 7.38. The first-order chi connectivity index (χ1) is 9.72. The number of halogens is 1. The van der Waals surface area contributed by atoms with Gasteiger partial charge in [-0.05, 0) is 24.1 Å². The van der Waals surface area contributed by atoms with E-state index < -0.39 is 0 Å². The number of carbonyl (C=O) groups excluding carboxylic acids is 1. The van der Waals surface area contributed by atoms with Crippen molar-refractivity contribution in [2.45, 2.75) is 52.0 Å². The monoisotopic (exact) mass is 297 g/mol. The van der Waals surface area contributed by atoms with Crippen LogP contribution in [-0.4, -0.2) is 12.7 Å². The standard InChI is InChI=1S/C16H24ClNO2/c1-2-3-4-5-6-7-12-20-16(19)18-13-14-8-10-15(17)11-9-14/h8-11H,2-7,12-13H2,1H3,(H,18,19). The molecule has 0 bridgehead atoms. The molecular formula is C16H24ClNO2. The van der Waals surface area contributed by atoms with Gasteiger partial charge in [0.1, 0.15) is 0 Å². The molecule has 0 fully saturated rings. The predicted molar refractivity (Wildman–Crippen MR) is 83.0 cm³/mol. The largest absolute Gasteiger partial charge is 0.450 e. The fourth-order valence-electron chi connectivity index (χ4n) is 1.87. The molecular weight excluding hydrogens is 274 g/mol. The van der Waals surface area contributed by atoms with Gasteiger partial charge in [0.05, 0.1) is 6.61 Å². The highest BCUT2D eigenvalue weighted by atomic mass is 35.5. The van der Waals surface area contributed by atoms with Crippen molar-refractivity contribution in [1.29, 1.82) is 0 Å². The average molecular weight is 298 g/mol. The fraction of sp³-hybridized carbons (Fsp3) is 0.562. The van der Waals surface area contributed by atoms with Crippen LogP contribution in [0.15, 0.2) is 24.3 Å². The Morgan fingerprint density at radius 2 is 1.75 bits per heavy atom. The zero-order valence-corrected chi connectivity index (χ0v) is 12.9. The Balaban J connectivity index is 2.01. The molecule has 20 heavy (non-hydrogen) atoms. The molecule has 1 aromatic carbocycles. The maximum Gasteiger partial charge on any atom is 0.407 e. The third kappa shape index (κ3) is 8.05. The van der Waals surface area contributed by atoms with E-state index in [0.29, 0.717) is 18.2 Å². The number of alkyl carbamates (subject to hydrolysis) is 1. The number of hydrogen-bond acceptors (Lipinski definition) is 2. The van der Waals surface area contributed by atoms with Gasteiger partial charge in [-0.3, -0.25) is 0 Å².